The number of aryl methyl sites for hydroxylation is 1. The van der Waals surface area contributed by atoms with Crippen LogP contribution < -0.4 is 10.6 Å². The van der Waals surface area contributed by atoms with Crippen molar-refractivity contribution in [2.75, 3.05) is 11.9 Å². The van der Waals surface area contributed by atoms with Crippen molar-refractivity contribution in [3.8, 4) is 0 Å². The highest BCUT2D eigenvalue weighted by molar-refractivity contribution is 7.09. The molecular weight excluding hydrogens is 256 g/mol. The smallest absolute Gasteiger partial charge is 0.0898 e. The van der Waals surface area contributed by atoms with E-state index >= 15 is 0 Å². The molecule has 5 heteroatoms. The van der Waals surface area contributed by atoms with Crippen LogP contribution in [0.5, 0.6) is 0 Å². The number of hydrogen-bond acceptors (Lipinski definition) is 5. The van der Waals surface area contributed by atoms with Gasteiger partial charge in [0.25, 0.3) is 0 Å². The molecule has 1 atom stereocenters. The first-order chi connectivity index (χ1) is 9.10. The van der Waals surface area contributed by atoms with Crippen LogP contribution >= 0.6 is 11.3 Å². The lowest BCUT2D eigenvalue weighted by Gasteiger charge is -2.18. The van der Waals surface area contributed by atoms with Crippen molar-refractivity contribution < 1.29 is 0 Å². The number of nitrogens with two attached hydrogens (primary N) is 1. The van der Waals surface area contributed by atoms with E-state index in [-0.39, 0.29) is 6.04 Å². The predicted molar refractivity (Wildman–Crippen MR) is 80.4 cm³/mol. The number of pyridine rings is 1. The number of nitrogens with zero attached hydrogens (tertiary/aromatic N) is 3. The Morgan fingerprint density at radius 2 is 2.21 bits per heavy atom. The van der Waals surface area contributed by atoms with Crippen LogP contribution in [0.15, 0.2) is 23.7 Å². The molecule has 0 bridgehead atoms. The van der Waals surface area contributed by atoms with Crippen LogP contribution in [0.25, 0.3) is 0 Å². The summed E-state index contributed by atoms with van der Waals surface area (Å²) in [4.78, 5) is 11.0. The Kier molecular flexibility index (Phi) is 4.50. The summed E-state index contributed by atoms with van der Waals surface area (Å²) in [7, 11) is 2.05. The van der Waals surface area contributed by atoms with Gasteiger partial charge in [-0.1, -0.05) is 6.92 Å². The van der Waals surface area contributed by atoms with E-state index in [0.29, 0.717) is 0 Å². The summed E-state index contributed by atoms with van der Waals surface area (Å²) in [5.74, 6) is 0. The Bertz CT molecular complexity index is 520. The molecule has 4 nitrogen and oxygen atoms in total. The normalized spacial score (nSPS) is 12.4. The minimum absolute atomic E-state index is 0.0283. The molecule has 2 aromatic rings. The molecule has 102 valence electrons. The summed E-state index contributed by atoms with van der Waals surface area (Å²) in [5, 5.41) is 3.20. The number of thiazole rings is 1. The van der Waals surface area contributed by atoms with Crippen LogP contribution in [0, 0.1) is 6.92 Å². The van der Waals surface area contributed by atoms with Crippen molar-refractivity contribution in [2.45, 2.75) is 32.9 Å². The summed E-state index contributed by atoms with van der Waals surface area (Å²) >= 11 is 1.68. The van der Waals surface area contributed by atoms with Gasteiger partial charge in [0.2, 0.25) is 0 Å². The van der Waals surface area contributed by atoms with Crippen LogP contribution in [0.4, 0.5) is 5.69 Å². The Labute approximate surface area is 118 Å². The first-order valence-electron chi connectivity index (χ1n) is 6.43. The van der Waals surface area contributed by atoms with E-state index in [0.717, 1.165) is 35.0 Å². The molecule has 0 spiro atoms. The highest BCUT2D eigenvalue weighted by Gasteiger charge is 2.08. The topological polar surface area (TPSA) is 55.0 Å². The summed E-state index contributed by atoms with van der Waals surface area (Å²) in [5.41, 5.74) is 9.09. The first kappa shape index (κ1) is 14.0. The fraction of sp³-hybridized carbons (Fsp3) is 0.429. The molecule has 0 aliphatic heterocycles. The van der Waals surface area contributed by atoms with Crippen molar-refractivity contribution in [2.24, 2.45) is 5.73 Å². The molecule has 0 unspecified atom stereocenters. The fourth-order valence-corrected chi connectivity index (χ4v) is 2.47. The second-order valence-electron chi connectivity index (χ2n) is 4.67. The van der Waals surface area contributed by atoms with Gasteiger partial charge in [0.05, 0.1) is 34.8 Å². The van der Waals surface area contributed by atoms with Crippen LogP contribution in [-0.2, 0) is 6.54 Å². The van der Waals surface area contributed by atoms with Crippen molar-refractivity contribution in [3.05, 3.63) is 40.1 Å². The molecule has 2 aromatic heterocycles. The quantitative estimate of drug-likeness (QED) is 0.912. The van der Waals surface area contributed by atoms with Gasteiger partial charge in [0.15, 0.2) is 0 Å². The maximum Gasteiger partial charge on any atom is 0.0898 e. The zero-order chi connectivity index (χ0) is 13.8. The molecule has 2 N–H and O–H groups in total. The third-order valence-electron chi connectivity index (χ3n) is 3.10. The van der Waals surface area contributed by atoms with Gasteiger partial charge in [-0.05, 0) is 25.5 Å². The molecule has 0 aromatic carbocycles. The largest absolute Gasteiger partial charge is 0.367 e. The average Bonchev–Trinajstić information content (AvgIpc) is 2.83. The lowest BCUT2D eigenvalue weighted by molar-refractivity contribution is 0.675. The molecular formula is C14H20N4S. The van der Waals surface area contributed by atoms with Crippen LogP contribution in [-0.4, -0.2) is 17.0 Å². The summed E-state index contributed by atoms with van der Waals surface area (Å²) in [6, 6.07) is 4.10. The Morgan fingerprint density at radius 1 is 1.42 bits per heavy atom. The van der Waals surface area contributed by atoms with Crippen LogP contribution in [0.3, 0.4) is 0 Å². The molecule has 0 saturated heterocycles. The third kappa shape index (κ3) is 3.52. The highest BCUT2D eigenvalue weighted by Crippen LogP contribution is 2.18. The molecule has 0 radical (unpaired) electrons. The minimum Gasteiger partial charge on any atom is -0.367 e. The van der Waals surface area contributed by atoms with Gasteiger partial charge in [-0.2, -0.15) is 0 Å². The van der Waals surface area contributed by atoms with Gasteiger partial charge < -0.3 is 10.6 Å². The second kappa shape index (κ2) is 6.12. The molecule has 2 heterocycles. The van der Waals surface area contributed by atoms with Crippen molar-refractivity contribution >= 4 is 17.0 Å². The number of rotatable bonds is 5. The van der Waals surface area contributed by atoms with Gasteiger partial charge >= 0.3 is 0 Å². The van der Waals surface area contributed by atoms with Gasteiger partial charge in [-0.3, -0.25) is 4.98 Å². The Hall–Kier alpha value is -1.46. The zero-order valence-corrected chi connectivity index (χ0v) is 12.4. The van der Waals surface area contributed by atoms with Crippen LogP contribution in [0.2, 0.25) is 0 Å². The zero-order valence-electron chi connectivity index (χ0n) is 11.6. The fourth-order valence-electron chi connectivity index (χ4n) is 1.87. The van der Waals surface area contributed by atoms with E-state index in [9.17, 15) is 0 Å². The second-order valence-corrected chi connectivity index (χ2v) is 5.73. The van der Waals surface area contributed by atoms with E-state index in [2.05, 4.69) is 33.2 Å². The van der Waals surface area contributed by atoms with E-state index in [1.165, 1.54) is 0 Å². The molecule has 0 aliphatic rings. The first-order valence-corrected chi connectivity index (χ1v) is 7.31. The van der Waals surface area contributed by atoms with E-state index in [1.807, 2.05) is 26.2 Å². The Balaban J connectivity index is 2.05. The molecule has 0 aliphatic carbocycles. The monoisotopic (exact) mass is 276 g/mol. The van der Waals surface area contributed by atoms with E-state index < -0.39 is 0 Å². The minimum atomic E-state index is 0.0283. The predicted octanol–water partition coefficient (Wildman–Crippen LogP) is 2.89. The van der Waals surface area contributed by atoms with E-state index in [1.54, 1.807) is 11.3 Å². The average molecular weight is 276 g/mol. The van der Waals surface area contributed by atoms with Crippen molar-refractivity contribution in [3.63, 3.8) is 0 Å². The summed E-state index contributed by atoms with van der Waals surface area (Å²) < 4.78 is 0. The van der Waals surface area contributed by atoms with Gasteiger partial charge in [-0.25, -0.2) is 4.98 Å². The highest BCUT2D eigenvalue weighted by atomic mass is 32.1. The van der Waals surface area contributed by atoms with Gasteiger partial charge in [0.1, 0.15) is 0 Å². The van der Waals surface area contributed by atoms with Gasteiger partial charge in [0, 0.05) is 18.5 Å². The van der Waals surface area contributed by atoms with Crippen molar-refractivity contribution in [1.82, 2.24) is 9.97 Å². The lowest BCUT2D eigenvalue weighted by atomic mass is 10.1. The molecule has 2 rings (SSSR count). The number of anilines is 1. The van der Waals surface area contributed by atoms with E-state index in [4.69, 9.17) is 5.73 Å². The number of hydrogen-bond donors (Lipinski definition) is 1. The Morgan fingerprint density at radius 3 is 2.74 bits per heavy atom. The van der Waals surface area contributed by atoms with Gasteiger partial charge in [-0.15, -0.1) is 11.3 Å². The lowest BCUT2D eigenvalue weighted by Crippen LogP contribution is -2.17. The maximum atomic E-state index is 5.96. The molecule has 19 heavy (non-hydrogen) atoms. The number of aromatic nitrogens is 2. The summed E-state index contributed by atoms with van der Waals surface area (Å²) in [6.45, 7) is 4.89. The summed E-state index contributed by atoms with van der Waals surface area (Å²) in [6.07, 6.45) is 2.78. The molecule has 0 amide bonds. The standard InChI is InChI=1S/C14H20N4S/c1-4-13(15)14-6-5-12(7-16-14)18(3)8-11-9-19-10(2)17-11/h5-7,9,13H,4,8,15H2,1-3H3/t13-/m0/s1. The maximum absolute atomic E-state index is 5.96. The van der Waals surface area contributed by atoms with Crippen LogP contribution in [0.1, 0.15) is 35.8 Å². The SMILES string of the molecule is CC[C@H](N)c1ccc(N(C)Cc2csc(C)n2)cn1. The van der Waals surface area contributed by atoms with Crippen molar-refractivity contribution in [1.29, 1.82) is 0 Å². The molecule has 0 fully saturated rings. The third-order valence-corrected chi connectivity index (χ3v) is 3.92. The molecule has 0 saturated carbocycles.